The van der Waals surface area contributed by atoms with Crippen molar-refractivity contribution in [3.8, 4) is 11.5 Å². The molecule has 0 fully saturated rings. The molecule has 3 aromatic rings. The van der Waals surface area contributed by atoms with Crippen molar-refractivity contribution in [3.63, 3.8) is 0 Å². The van der Waals surface area contributed by atoms with E-state index in [-0.39, 0.29) is 0 Å². The highest BCUT2D eigenvalue weighted by atomic mass is 35.5. The zero-order chi connectivity index (χ0) is 21.2. The van der Waals surface area contributed by atoms with Gasteiger partial charge < -0.3 is 14.8 Å². The van der Waals surface area contributed by atoms with Crippen molar-refractivity contribution in [2.24, 2.45) is 5.10 Å². The Balaban J connectivity index is 1.64. The quantitative estimate of drug-likeness (QED) is 0.270. The number of rotatable bonds is 8. The van der Waals surface area contributed by atoms with Crippen LogP contribution in [0.3, 0.4) is 0 Å². The van der Waals surface area contributed by atoms with Crippen molar-refractivity contribution < 1.29 is 9.47 Å². The first-order chi connectivity index (χ1) is 14.7. The fraction of sp³-hybridized carbons (Fsp3) is 0.130. The molecular weight excluding hydrogens is 418 g/mol. The highest BCUT2D eigenvalue weighted by molar-refractivity contribution is 7.80. The Kier molecular flexibility index (Phi) is 8.06. The second-order valence-electron chi connectivity index (χ2n) is 6.21. The van der Waals surface area contributed by atoms with Crippen molar-refractivity contribution >= 4 is 40.8 Å². The predicted octanol–water partition coefficient (Wildman–Crippen LogP) is 5.64. The van der Waals surface area contributed by atoms with Crippen LogP contribution < -0.4 is 20.2 Å². The summed E-state index contributed by atoms with van der Waals surface area (Å²) < 4.78 is 11.6. The van der Waals surface area contributed by atoms with E-state index in [1.807, 2.05) is 79.7 Å². The highest BCUT2D eigenvalue weighted by Crippen LogP contribution is 2.29. The van der Waals surface area contributed by atoms with Gasteiger partial charge in [0.15, 0.2) is 16.6 Å². The van der Waals surface area contributed by atoms with Gasteiger partial charge in [-0.1, -0.05) is 48.0 Å². The van der Waals surface area contributed by atoms with Crippen LogP contribution in [0.5, 0.6) is 11.5 Å². The van der Waals surface area contributed by atoms with Crippen LogP contribution in [0.2, 0.25) is 5.02 Å². The molecule has 2 N–H and O–H groups in total. The summed E-state index contributed by atoms with van der Waals surface area (Å²) in [6.45, 7) is 2.80. The Morgan fingerprint density at radius 2 is 1.77 bits per heavy atom. The third kappa shape index (κ3) is 6.47. The van der Waals surface area contributed by atoms with Gasteiger partial charge in [0.25, 0.3) is 0 Å². The summed E-state index contributed by atoms with van der Waals surface area (Å²) in [5, 5.41) is 8.31. The fourth-order valence-electron chi connectivity index (χ4n) is 2.61. The number of nitrogens with one attached hydrogen (secondary N) is 2. The summed E-state index contributed by atoms with van der Waals surface area (Å²) in [4.78, 5) is 0. The van der Waals surface area contributed by atoms with E-state index in [9.17, 15) is 0 Å². The second-order valence-corrected chi connectivity index (χ2v) is 7.02. The molecule has 0 aliphatic carbocycles. The van der Waals surface area contributed by atoms with Crippen LogP contribution in [0.1, 0.15) is 18.1 Å². The molecule has 0 amide bonds. The molecule has 0 spiro atoms. The lowest BCUT2D eigenvalue weighted by Crippen LogP contribution is -2.23. The number of para-hydroxylation sites is 1. The van der Waals surface area contributed by atoms with E-state index in [4.69, 9.17) is 33.3 Å². The van der Waals surface area contributed by atoms with Crippen LogP contribution in [0, 0.1) is 0 Å². The Labute approximate surface area is 186 Å². The zero-order valence-electron chi connectivity index (χ0n) is 16.5. The van der Waals surface area contributed by atoms with Gasteiger partial charge in [0.2, 0.25) is 0 Å². The topological polar surface area (TPSA) is 54.9 Å². The average Bonchev–Trinajstić information content (AvgIpc) is 2.75. The number of hydrogen-bond acceptors (Lipinski definition) is 4. The van der Waals surface area contributed by atoms with E-state index >= 15 is 0 Å². The number of benzene rings is 3. The molecule has 0 aromatic heterocycles. The molecule has 0 radical (unpaired) electrons. The van der Waals surface area contributed by atoms with Crippen molar-refractivity contribution in [1.29, 1.82) is 0 Å². The molecular formula is C23H22ClN3O2S. The number of nitrogens with zero attached hydrogens (tertiary/aromatic N) is 1. The molecule has 0 unspecified atom stereocenters. The lowest BCUT2D eigenvalue weighted by atomic mass is 10.2. The van der Waals surface area contributed by atoms with Gasteiger partial charge in [0, 0.05) is 16.3 Å². The minimum Gasteiger partial charge on any atom is -0.490 e. The molecule has 0 atom stereocenters. The van der Waals surface area contributed by atoms with E-state index in [0.29, 0.717) is 34.8 Å². The van der Waals surface area contributed by atoms with E-state index in [1.54, 1.807) is 6.21 Å². The van der Waals surface area contributed by atoms with Crippen molar-refractivity contribution in [3.05, 3.63) is 88.9 Å². The van der Waals surface area contributed by atoms with Gasteiger partial charge in [-0.2, -0.15) is 5.10 Å². The molecule has 0 saturated carbocycles. The van der Waals surface area contributed by atoms with Gasteiger partial charge in [-0.25, -0.2) is 0 Å². The van der Waals surface area contributed by atoms with Crippen LogP contribution in [0.25, 0.3) is 0 Å². The first kappa shape index (κ1) is 21.6. The number of hydrogen-bond donors (Lipinski definition) is 2. The second kappa shape index (κ2) is 11.2. The van der Waals surface area contributed by atoms with Gasteiger partial charge in [0.1, 0.15) is 6.61 Å². The molecule has 0 aliphatic rings. The number of anilines is 1. The monoisotopic (exact) mass is 439 g/mol. The fourth-order valence-corrected chi connectivity index (χ4v) is 2.97. The first-order valence-electron chi connectivity index (χ1n) is 9.44. The lowest BCUT2D eigenvalue weighted by Gasteiger charge is -2.13. The summed E-state index contributed by atoms with van der Waals surface area (Å²) in [6.07, 6.45) is 1.66. The summed E-state index contributed by atoms with van der Waals surface area (Å²) >= 11 is 11.5. The molecule has 0 saturated heterocycles. The normalized spacial score (nSPS) is 10.6. The van der Waals surface area contributed by atoms with Crippen LogP contribution in [-0.2, 0) is 6.61 Å². The highest BCUT2D eigenvalue weighted by Gasteiger charge is 2.08. The first-order valence-corrected chi connectivity index (χ1v) is 10.2. The van der Waals surface area contributed by atoms with Crippen LogP contribution in [0.4, 0.5) is 5.69 Å². The predicted molar refractivity (Wildman–Crippen MR) is 127 cm³/mol. The molecule has 0 heterocycles. The smallest absolute Gasteiger partial charge is 0.191 e. The van der Waals surface area contributed by atoms with Crippen molar-refractivity contribution in [1.82, 2.24) is 5.43 Å². The zero-order valence-corrected chi connectivity index (χ0v) is 18.0. The third-order valence-corrected chi connectivity index (χ3v) is 4.58. The maximum atomic E-state index is 6.22. The minimum absolute atomic E-state index is 0.337. The maximum absolute atomic E-state index is 6.22. The van der Waals surface area contributed by atoms with Crippen LogP contribution >= 0.6 is 23.8 Å². The van der Waals surface area contributed by atoms with E-state index in [1.165, 1.54) is 0 Å². The van der Waals surface area contributed by atoms with E-state index < -0.39 is 0 Å². The molecule has 3 aromatic carbocycles. The van der Waals surface area contributed by atoms with Gasteiger partial charge in [-0.15, -0.1) is 0 Å². The Morgan fingerprint density at radius 1 is 1.00 bits per heavy atom. The van der Waals surface area contributed by atoms with Gasteiger partial charge in [-0.05, 0) is 61.1 Å². The maximum Gasteiger partial charge on any atom is 0.191 e. The van der Waals surface area contributed by atoms with Crippen LogP contribution in [0.15, 0.2) is 77.9 Å². The molecule has 0 bridgehead atoms. The molecule has 30 heavy (non-hydrogen) atoms. The van der Waals surface area contributed by atoms with Crippen molar-refractivity contribution in [2.45, 2.75) is 13.5 Å². The summed E-state index contributed by atoms with van der Waals surface area (Å²) in [5.74, 6) is 1.28. The number of ether oxygens (including phenoxy) is 2. The largest absolute Gasteiger partial charge is 0.490 e. The van der Waals surface area contributed by atoms with Gasteiger partial charge >= 0.3 is 0 Å². The summed E-state index contributed by atoms with van der Waals surface area (Å²) in [5.41, 5.74) is 5.43. The minimum atomic E-state index is 0.337. The van der Waals surface area contributed by atoms with E-state index in [0.717, 1.165) is 16.8 Å². The SMILES string of the molecule is CCOc1ccc(/C=N\NC(=S)Nc2ccccc2)cc1OCc1ccccc1Cl. The Hall–Kier alpha value is -3.09. The standard InChI is InChI=1S/C23H22ClN3O2S/c1-2-28-21-13-12-17(14-22(21)29-16-18-8-6-7-11-20(18)24)15-25-27-23(30)26-19-9-4-3-5-10-19/h3-15H,2,16H2,1H3,(H2,26,27,30)/b25-15-. The molecule has 5 nitrogen and oxygen atoms in total. The lowest BCUT2D eigenvalue weighted by molar-refractivity contribution is 0.269. The number of thiocarbonyl (C=S) groups is 1. The van der Waals surface area contributed by atoms with Gasteiger partial charge in [0.05, 0.1) is 12.8 Å². The molecule has 154 valence electrons. The molecule has 7 heteroatoms. The van der Waals surface area contributed by atoms with Crippen molar-refractivity contribution in [2.75, 3.05) is 11.9 Å². The Bertz CT molecular complexity index is 1010. The summed E-state index contributed by atoms with van der Waals surface area (Å²) in [7, 11) is 0. The average molecular weight is 440 g/mol. The third-order valence-electron chi connectivity index (χ3n) is 4.02. The molecule has 3 rings (SSSR count). The van der Waals surface area contributed by atoms with Crippen LogP contribution in [-0.4, -0.2) is 17.9 Å². The summed E-state index contributed by atoms with van der Waals surface area (Å²) in [6, 6.07) is 22.8. The number of hydrazone groups is 1. The Morgan fingerprint density at radius 3 is 2.53 bits per heavy atom. The van der Waals surface area contributed by atoms with Gasteiger partial charge in [-0.3, -0.25) is 5.43 Å². The van der Waals surface area contributed by atoms with E-state index in [2.05, 4.69) is 15.8 Å². The molecule has 0 aliphatic heterocycles. The number of halogens is 1.